The van der Waals surface area contributed by atoms with E-state index in [1.165, 1.54) is 12.1 Å². The summed E-state index contributed by atoms with van der Waals surface area (Å²) in [6.07, 6.45) is 2.15. The van der Waals surface area contributed by atoms with Gasteiger partial charge in [0.25, 0.3) is 11.6 Å². The third kappa shape index (κ3) is 3.91. The van der Waals surface area contributed by atoms with Gasteiger partial charge in [0.1, 0.15) is 0 Å². The van der Waals surface area contributed by atoms with Crippen molar-refractivity contribution in [3.8, 4) is 0 Å². The lowest BCUT2D eigenvalue weighted by Crippen LogP contribution is -2.49. The van der Waals surface area contributed by atoms with E-state index in [1.54, 1.807) is 11.0 Å². The summed E-state index contributed by atoms with van der Waals surface area (Å²) >= 11 is 0. The van der Waals surface area contributed by atoms with E-state index in [9.17, 15) is 14.9 Å². The van der Waals surface area contributed by atoms with Crippen molar-refractivity contribution in [1.29, 1.82) is 0 Å². The predicted molar refractivity (Wildman–Crippen MR) is 94.0 cm³/mol. The van der Waals surface area contributed by atoms with Gasteiger partial charge in [-0.3, -0.25) is 19.8 Å². The van der Waals surface area contributed by atoms with Gasteiger partial charge in [0.15, 0.2) is 0 Å². The van der Waals surface area contributed by atoms with Gasteiger partial charge < -0.3 is 14.9 Å². The smallest absolute Gasteiger partial charge is 0.270 e. The lowest BCUT2D eigenvalue weighted by atomic mass is 10.1. The zero-order chi connectivity index (χ0) is 17.8. The maximum Gasteiger partial charge on any atom is 0.270 e. The largest absolute Gasteiger partial charge is 0.395 e. The highest BCUT2D eigenvalue weighted by Crippen LogP contribution is 2.29. The molecule has 25 heavy (non-hydrogen) atoms. The molecule has 8 heteroatoms. The number of nitrogens with zero attached hydrogens (tertiary/aromatic N) is 4. The molecule has 2 aliphatic rings. The summed E-state index contributed by atoms with van der Waals surface area (Å²) in [4.78, 5) is 29.7. The minimum Gasteiger partial charge on any atom is -0.395 e. The van der Waals surface area contributed by atoms with Crippen molar-refractivity contribution < 1.29 is 14.8 Å². The van der Waals surface area contributed by atoms with Crippen LogP contribution < -0.4 is 4.90 Å². The molecule has 1 N–H and O–H groups in total. The molecule has 0 radical (unpaired) electrons. The normalized spacial score (nSPS) is 18.6. The quantitative estimate of drug-likeness (QED) is 0.629. The molecule has 2 heterocycles. The average molecular weight is 348 g/mol. The van der Waals surface area contributed by atoms with E-state index in [1.807, 2.05) is 0 Å². The van der Waals surface area contributed by atoms with Crippen LogP contribution in [-0.2, 0) is 0 Å². The first-order valence-electron chi connectivity index (χ1n) is 8.76. The number of nitro groups is 1. The lowest BCUT2D eigenvalue weighted by Gasteiger charge is -2.35. The Morgan fingerprint density at radius 1 is 1.12 bits per heavy atom. The number of benzene rings is 1. The minimum absolute atomic E-state index is 0.0507. The molecular formula is C17H24N4O4. The molecule has 2 saturated heterocycles. The van der Waals surface area contributed by atoms with Gasteiger partial charge in [-0.2, -0.15) is 0 Å². The Balaban J connectivity index is 1.82. The van der Waals surface area contributed by atoms with E-state index >= 15 is 0 Å². The molecule has 136 valence electrons. The molecule has 0 bridgehead atoms. The average Bonchev–Trinajstić information content (AvgIpc) is 3.16. The number of rotatable bonds is 5. The SMILES string of the molecule is O=C(c1cc([N+](=O)[O-])ccc1N1CCCC1)N1CCN(CCO)CC1. The fourth-order valence-electron chi connectivity index (χ4n) is 3.53. The van der Waals surface area contributed by atoms with E-state index in [4.69, 9.17) is 5.11 Å². The van der Waals surface area contributed by atoms with Crippen LogP contribution in [-0.4, -0.2) is 78.2 Å². The number of non-ortho nitro benzene ring substituents is 1. The molecule has 3 rings (SSSR count). The number of hydrogen-bond donors (Lipinski definition) is 1. The third-order valence-electron chi connectivity index (χ3n) is 4.94. The number of carbonyl (C=O) groups is 1. The molecule has 0 aliphatic carbocycles. The number of nitro benzene ring substituents is 1. The van der Waals surface area contributed by atoms with Crippen molar-refractivity contribution in [3.63, 3.8) is 0 Å². The Morgan fingerprint density at radius 2 is 1.80 bits per heavy atom. The molecule has 0 aromatic heterocycles. The van der Waals surface area contributed by atoms with E-state index < -0.39 is 4.92 Å². The van der Waals surface area contributed by atoms with Gasteiger partial charge in [-0.1, -0.05) is 0 Å². The van der Waals surface area contributed by atoms with Crippen LogP contribution in [0.2, 0.25) is 0 Å². The Bertz CT molecular complexity index is 638. The van der Waals surface area contributed by atoms with Crippen LogP contribution in [0, 0.1) is 10.1 Å². The summed E-state index contributed by atoms with van der Waals surface area (Å²) in [6.45, 7) is 5.03. The molecule has 1 amide bonds. The van der Waals surface area contributed by atoms with Crippen LogP contribution in [0.25, 0.3) is 0 Å². The van der Waals surface area contributed by atoms with E-state index in [0.29, 0.717) is 38.3 Å². The Kier molecular flexibility index (Phi) is 5.50. The number of carbonyl (C=O) groups excluding carboxylic acids is 1. The summed E-state index contributed by atoms with van der Waals surface area (Å²) in [6, 6.07) is 4.60. The molecule has 0 saturated carbocycles. The van der Waals surface area contributed by atoms with Gasteiger partial charge in [0, 0.05) is 57.9 Å². The topological polar surface area (TPSA) is 90.2 Å². The second kappa shape index (κ2) is 7.79. The van der Waals surface area contributed by atoms with Crippen molar-refractivity contribution >= 4 is 17.3 Å². The fraction of sp³-hybridized carbons (Fsp3) is 0.588. The van der Waals surface area contributed by atoms with Crippen LogP contribution >= 0.6 is 0 Å². The number of amides is 1. The highest BCUT2D eigenvalue weighted by atomic mass is 16.6. The fourth-order valence-corrected chi connectivity index (χ4v) is 3.53. The molecular weight excluding hydrogens is 324 g/mol. The van der Waals surface area contributed by atoms with Crippen LogP contribution in [0.5, 0.6) is 0 Å². The van der Waals surface area contributed by atoms with Crippen molar-refractivity contribution in [1.82, 2.24) is 9.80 Å². The van der Waals surface area contributed by atoms with Crippen molar-refractivity contribution in [2.45, 2.75) is 12.8 Å². The van der Waals surface area contributed by atoms with Crippen molar-refractivity contribution in [2.24, 2.45) is 0 Å². The highest BCUT2D eigenvalue weighted by Gasteiger charge is 2.27. The molecule has 0 spiro atoms. The third-order valence-corrected chi connectivity index (χ3v) is 4.94. The Labute approximate surface area is 146 Å². The lowest BCUT2D eigenvalue weighted by molar-refractivity contribution is -0.384. The molecule has 0 atom stereocenters. The molecule has 1 aromatic rings. The van der Waals surface area contributed by atoms with Gasteiger partial charge in [-0.15, -0.1) is 0 Å². The first kappa shape index (κ1) is 17.6. The van der Waals surface area contributed by atoms with Gasteiger partial charge in [0.05, 0.1) is 22.8 Å². The van der Waals surface area contributed by atoms with E-state index in [0.717, 1.165) is 31.6 Å². The first-order valence-corrected chi connectivity index (χ1v) is 8.76. The van der Waals surface area contributed by atoms with Gasteiger partial charge in [-0.25, -0.2) is 0 Å². The first-order chi connectivity index (χ1) is 12.1. The number of aliphatic hydroxyl groups is 1. The molecule has 0 unspecified atom stereocenters. The second-order valence-electron chi connectivity index (χ2n) is 6.51. The summed E-state index contributed by atoms with van der Waals surface area (Å²) in [5.74, 6) is -0.144. The van der Waals surface area contributed by atoms with Gasteiger partial charge >= 0.3 is 0 Å². The standard InChI is InChI=1S/C17H24N4O4/c22-12-11-18-7-9-20(10-8-18)17(23)15-13-14(21(24)25)3-4-16(15)19-5-1-2-6-19/h3-4,13,22H,1-2,5-12H2. The summed E-state index contributed by atoms with van der Waals surface area (Å²) in [5, 5.41) is 20.2. The number of piperazine rings is 1. The molecule has 2 aliphatic heterocycles. The zero-order valence-corrected chi connectivity index (χ0v) is 14.3. The maximum atomic E-state index is 13.0. The van der Waals surface area contributed by atoms with Gasteiger partial charge in [0.2, 0.25) is 0 Å². The van der Waals surface area contributed by atoms with Crippen LogP contribution in [0.4, 0.5) is 11.4 Å². The van der Waals surface area contributed by atoms with Crippen molar-refractivity contribution in [3.05, 3.63) is 33.9 Å². The summed E-state index contributed by atoms with van der Waals surface area (Å²) < 4.78 is 0. The number of β-amino-alcohol motifs (C(OH)–C–C–N with tert-alkyl or cyclic N) is 1. The summed E-state index contributed by atoms with van der Waals surface area (Å²) in [7, 11) is 0. The number of aliphatic hydroxyl groups excluding tert-OH is 1. The van der Waals surface area contributed by atoms with E-state index in [2.05, 4.69) is 9.80 Å². The Morgan fingerprint density at radius 3 is 2.40 bits per heavy atom. The molecule has 1 aromatic carbocycles. The zero-order valence-electron chi connectivity index (χ0n) is 14.3. The Hall–Kier alpha value is -2.19. The van der Waals surface area contributed by atoms with Crippen LogP contribution in [0.3, 0.4) is 0 Å². The predicted octanol–water partition coefficient (Wildman–Crippen LogP) is 0.945. The van der Waals surface area contributed by atoms with Crippen LogP contribution in [0.1, 0.15) is 23.2 Å². The maximum absolute atomic E-state index is 13.0. The van der Waals surface area contributed by atoms with Gasteiger partial charge in [-0.05, 0) is 18.9 Å². The highest BCUT2D eigenvalue weighted by molar-refractivity contribution is 6.00. The monoisotopic (exact) mass is 348 g/mol. The van der Waals surface area contributed by atoms with Crippen molar-refractivity contribution in [2.75, 3.05) is 57.3 Å². The second-order valence-corrected chi connectivity index (χ2v) is 6.51. The molecule has 8 nitrogen and oxygen atoms in total. The number of anilines is 1. The molecule has 2 fully saturated rings. The van der Waals surface area contributed by atoms with Crippen LogP contribution in [0.15, 0.2) is 18.2 Å². The summed E-state index contributed by atoms with van der Waals surface area (Å²) in [5.41, 5.74) is 1.17. The minimum atomic E-state index is -0.455. The number of hydrogen-bond acceptors (Lipinski definition) is 6. The van der Waals surface area contributed by atoms with E-state index in [-0.39, 0.29) is 18.2 Å².